The molecule has 1 saturated heterocycles. The number of hydrogen-bond acceptors (Lipinski definition) is 3. The van der Waals surface area contributed by atoms with Crippen molar-refractivity contribution in [2.45, 2.75) is 78.3 Å². The van der Waals surface area contributed by atoms with Crippen LogP contribution in [0.5, 0.6) is 0 Å². The van der Waals surface area contributed by atoms with Crippen LogP contribution in [0.1, 0.15) is 66.7 Å². The molecule has 1 N–H and O–H groups in total. The number of hydrogen-bond donors (Lipinski definition) is 1. The number of rotatable bonds is 10. The smallest absolute Gasteiger partial charge is 0.0478 e. The van der Waals surface area contributed by atoms with Gasteiger partial charge in [-0.25, -0.2) is 0 Å². The van der Waals surface area contributed by atoms with E-state index in [1.165, 1.54) is 38.8 Å². The minimum atomic E-state index is 0.328. The molecular weight excluding hydrogens is 260 g/mol. The largest absolute Gasteiger partial charge is 0.381 e. The summed E-state index contributed by atoms with van der Waals surface area (Å²) in [5.41, 5.74) is 0.328. The third kappa shape index (κ3) is 5.88. The molecule has 3 nitrogen and oxygen atoms in total. The Kier molecular flexibility index (Phi) is 8.84. The van der Waals surface area contributed by atoms with E-state index in [-0.39, 0.29) is 0 Å². The van der Waals surface area contributed by atoms with Gasteiger partial charge in [-0.1, -0.05) is 41.0 Å². The van der Waals surface area contributed by atoms with Crippen LogP contribution in [-0.4, -0.2) is 49.3 Å². The topological polar surface area (TPSA) is 24.5 Å². The van der Waals surface area contributed by atoms with Crippen LogP contribution < -0.4 is 5.32 Å². The Labute approximate surface area is 132 Å². The van der Waals surface area contributed by atoms with E-state index in [2.05, 4.69) is 44.8 Å². The average Bonchev–Trinajstić information content (AvgIpc) is 2.50. The Morgan fingerprint density at radius 2 is 1.81 bits per heavy atom. The van der Waals surface area contributed by atoms with E-state index in [0.29, 0.717) is 17.5 Å². The van der Waals surface area contributed by atoms with Crippen molar-refractivity contribution < 1.29 is 4.74 Å². The van der Waals surface area contributed by atoms with Crippen molar-refractivity contribution in [1.29, 1.82) is 0 Å². The fourth-order valence-corrected chi connectivity index (χ4v) is 3.36. The Hall–Kier alpha value is -0.120. The maximum absolute atomic E-state index is 5.72. The molecule has 0 radical (unpaired) electrons. The van der Waals surface area contributed by atoms with Crippen molar-refractivity contribution >= 4 is 0 Å². The van der Waals surface area contributed by atoms with Crippen LogP contribution in [0.15, 0.2) is 0 Å². The summed E-state index contributed by atoms with van der Waals surface area (Å²) >= 11 is 0. The first-order valence-corrected chi connectivity index (χ1v) is 9.15. The molecular formula is C18H38N2O. The van der Waals surface area contributed by atoms with E-state index in [9.17, 15) is 0 Å². The zero-order chi connectivity index (χ0) is 15.7. The standard InChI is InChI=1S/C18H38N2O/c1-6-9-12-21-13-10-11-20-15-18(7-2,8-3)19-14-17(20)16(4)5/h16-17,19H,6-15H2,1-5H3. The van der Waals surface area contributed by atoms with Crippen molar-refractivity contribution in [3.8, 4) is 0 Å². The monoisotopic (exact) mass is 298 g/mol. The van der Waals surface area contributed by atoms with E-state index < -0.39 is 0 Å². The average molecular weight is 299 g/mol. The van der Waals surface area contributed by atoms with Gasteiger partial charge in [0.25, 0.3) is 0 Å². The number of unbranched alkanes of at least 4 members (excludes halogenated alkanes) is 1. The molecule has 21 heavy (non-hydrogen) atoms. The van der Waals surface area contributed by atoms with Crippen LogP contribution in [0.25, 0.3) is 0 Å². The molecule has 1 unspecified atom stereocenters. The zero-order valence-corrected chi connectivity index (χ0v) is 15.1. The van der Waals surface area contributed by atoms with Crippen LogP contribution in [0.2, 0.25) is 0 Å². The highest BCUT2D eigenvalue weighted by Gasteiger charge is 2.37. The van der Waals surface area contributed by atoms with Crippen LogP contribution >= 0.6 is 0 Å². The van der Waals surface area contributed by atoms with Gasteiger partial charge in [-0.15, -0.1) is 0 Å². The van der Waals surface area contributed by atoms with Gasteiger partial charge in [-0.2, -0.15) is 0 Å². The molecule has 0 aromatic carbocycles. The highest BCUT2D eigenvalue weighted by atomic mass is 16.5. The highest BCUT2D eigenvalue weighted by Crippen LogP contribution is 2.25. The third-order valence-electron chi connectivity index (χ3n) is 5.16. The van der Waals surface area contributed by atoms with Gasteiger partial charge in [0.15, 0.2) is 0 Å². The Morgan fingerprint density at radius 3 is 2.38 bits per heavy atom. The van der Waals surface area contributed by atoms with Gasteiger partial charge < -0.3 is 10.1 Å². The molecule has 1 aliphatic rings. The summed E-state index contributed by atoms with van der Waals surface area (Å²) < 4.78 is 5.72. The summed E-state index contributed by atoms with van der Waals surface area (Å²) in [6.07, 6.45) is 6.02. The second-order valence-electron chi connectivity index (χ2n) is 6.97. The van der Waals surface area contributed by atoms with Gasteiger partial charge in [0, 0.05) is 44.4 Å². The fraction of sp³-hybridized carbons (Fsp3) is 1.00. The first kappa shape index (κ1) is 18.9. The molecule has 1 fully saturated rings. The number of ether oxygens (including phenoxy) is 1. The fourth-order valence-electron chi connectivity index (χ4n) is 3.36. The van der Waals surface area contributed by atoms with Crippen molar-refractivity contribution in [3.63, 3.8) is 0 Å². The molecule has 0 aromatic heterocycles. The second-order valence-corrected chi connectivity index (χ2v) is 6.97. The van der Waals surface area contributed by atoms with Gasteiger partial charge in [0.05, 0.1) is 0 Å². The number of nitrogens with one attached hydrogen (secondary N) is 1. The highest BCUT2D eigenvalue weighted by molar-refractivity contribution is 4.97. The lowest BCUT2D eigenvalue weighted by Gasteiger charge is -2.49. The normalized spacial score (nSPS) is 22.9. The zero-order valence-electron chi connectivity index (χ0n) is 15.1. The molecule has 0 amide bonds. The quantitative estimate of drug-likeness (QED) is 0.623. The first-order chi connectivity index (χ1) is 10.1. The lowest BCUT2D eigenvalue weighted by Crippen LogP contribution is -2.65. The van der Waals surface area contributed by atoms with Gasteiger partial charge >= 0.3 is 0 Å². The molecule has 1 aliphatic heterocycles. The second kappa shape index (κ2) is 9.81. The van der Waals surface area contributed by atoms with Gasteiger partial charge in [-0.05, 0) is 31.6 Å². The molecule has 3 heteroatoms. The summed E-state index contributed by atoms with van der Waals surface area (Å²) in [7, 11) is 0. The lowest BCUT2D eigenvalue weighted by molar-refractivity contribution is 0.0394. The number of nitrogens with zero attached hydrogens (tertiary/aromatic N) is 1. The summed E-state index contributed by atoms with van der Waals surface area (Å²) in [5, 5.41) is 3.84. The summed E-state index contributed by atoms with van der Waals surface area (Å²) in [6, 6.07) is 0.673. The van der Waals surface area contributed by atoms with Gasteiger partial charge in [0.2, 0.25) is 0 Å². The van der Waals surface area contributed by atoms with Crippen LogP contribution in [0, 0.1) is 5.92 Å². The Morgan fingerprint density at radius 1 is 1.14 bits per heavy atom. The van der Waals surface area contributed by atoms with E-state index >= 15 is 0 Å². The SMILES string of the molecule is CCCCOCCCN1CC(CC)(CC)NCC1C(C)C. The molecule has 126 valence electrons. The van der Waals surface area contributed by atoms with Crippen LogP contribution in [0.4, 0.5) is 0 Å². The third-order valence-corrected chi connectivity index (χ3v) is 5.16. The molecule has 1 atom stereocenters. The van der Waals surface area contributed by atoms with E-state index in [4.69, 9.17) is 4.74 Å². The summed E-state index contributed by atoms with van der Waals surface area (Å²) in [4.78, 5) is 2.72. The van der Waals surface area contributed by atoms with Crippen molar-refractivity contribution in [3.05, 3.63) is 0 Å². The number of piperazine rings is 1. The maximum atomic E-state index is 5.72. The van der Waals surface area contributed by atoms with E-state index in [1.807, 2.05) is 0 Å². The van der Waals surface area contributed by atoms with Crippen LogP contribution in [0.3, 0.4) is 0 Å². The van der Waals surface area contributed by atoms with Crippen molar-refractivity contribution in [2.24, 2.45) is 5.92 Å². The molecule has 1 rings (SSSR count). The predicted molar refractivity (Wildman–Crippen MR) is 91.9 cm³/mol. The maximum Gasteiger partial charge on any atom is 0.0478 e. The minimum absolute atomic E-state index is 0.328. The Bertz CT molecular complexity index is 264. The molecule has 0 aromatic rings. The minimum Gasteiger partial charge on any atom is -0.381 e. The molecule has 1 heterocycles. The van der Waals surface area contributed by atoms with E-state index in [0.717, 1.165) is 26.2 Å². The first-order valence-electron chi connectivity index (χ1n) is 9.15. The molecule has 0 saturated carbocycles. The summed E-state index contributed by atoms with van der Waals surface area (Å²) in [5.74, 6) is 0.713. The van der Waals surface area contributed by atoms with Crippen LogP contribution in [-0.2, 0) is 4.74 Å². The van der Waals surface area contributed by atoms with E-state index in [1.54, 1.807) is 0 Å². The van der Waals surface area contributed by atoms with Gasteiger partial charge in [-0.3, -0.25) is 4.90 Å². The van der Waals surface area contributed by atoms with Crippen molar-refractivity contribution in [1.82, 2.24) is 10.2 Å². The Balaban J connectivity index is 2.44. The predicted octanol–water partition coefficient (Wildman–Crippen LogP) is 3.68. The lowest BCUT2D eigenvalue weighted by atomic mass is 9.86. The molecule has 0 spiro atoms. The van der Waals surface area contributed by atoms with Gasteiger partial charge in [0.1, 0.15) is 0 Å². The van der Waals surface area contributed by atoms with Crippen molar-refractivity contribution in [2.75, 3.05) is 32.8 Å². The molecule has 0 aliphatic carbocycles. The molecule has 0 bridgehead atoms. The summed E-state index contributed by atoms with van der Waals surface area (Å²) in [6.45, 7) is 16.9.